The quantitative estimate of drug-likeness (QED) is 0.916. The molecule has 1 aromatic rings. The number of carbonyl (C=O) groups excluding carboxylic acids is 1. The van der Waals surface area contributed by atoms with Gasteiger partial charge in [-0.15, -0.1) is 13.2 Å². The minimum Gasteiger partial charge on any atom is -0.481 e. The average Bonchev–Trinajstić information content (AvgIpc) is 3.20. The summed E-state index contributed by atoms with van der Waals surface area (Å²) < 4.78 is 41.3. The molecule has 130 valence electrons. The fourth-order valence-corrected chi connectivity index (χ4v) is 3.43. The van der Waals surface area contributed by atoms with Gasteiger partial charge in [0.15, 0.2) is 0 Å². The molecular weight excluding hydrogens is 327 g/mol. The third-order valence-electron chi connectivity index (χ3n) is 4.88. The topological polar surface area (TPSA) is 66.8 Å². The molecule has 1 atom stereocenters. The maximum atomic E-state index is 12.5. The SMILES string of the molecule is O=C(O)C1CC12CCN(C(=O)c1ccccc1OC(F)(F)F)CC2. The molecule has 1 N–H and O–H groups in total. The van der Waals surface area contributed by atoms with E-state index in [9.17, 15) is 22.8 Å². The lowest BCUT2D eigenvalue weighted by molar-refractivity contribution is -0.274. The molecule has 1 saturated heterocycles. The third kappa shape index (κ3) is 3.18. The van der Waals surface area contributed by atoms with Gasteiger partial charge in [-0.2, -0.15) is 0 Å². The summed E-state index contributed by atoms with van der Waals surface area (Å²) in [6, 6.07) is 5.24. The second-order valence-corrected chi connectivity index (χ2v) is 6.29. The van der Waals surface area contributed by atoms with Gasteiger partial charge in [0.05, 0.1) is 11.5 Å². The Balaban J connectivity index is 1.69. The van der Waals surface area contributed by atoms with Gasteiger partial charge in [-0.05, 0) is 36.8 Å². The van der Waals surface area contributed by atoms with Gasteiger partial charge in [0.2, 0.25) is 0 Å². The minimum atomic E-state index is -4.87. The Labute approximate surface area is 136 Å². The predicted octanol–water partition coefficient (Wildman–Crippen LogP) is 2.91. The Hall–Kier alpha value is -2.25. The molecule has 24 heavy (non-hydrogen) atoms. The summed E-state index contributed by atoms with van der Waals surface area (Å²) in [5, 5.41) is 9.06. The summed E-state index contributed by atoms with van der Waals surface area (Å²) in [5.41, 5.74) is -0.388. The number of nitrogens with zero attached hydrogens (tertiary/aromatic N) is 1. The number of amides is 1. The molecule has 0 aromatic heterocycles. The van der Waals surface area contributed by atoms with Crippen LogP contribution in [0, 0.1) is 11.3 Å². The molecule has 1 aromatic carbocycles. The highest BCUT2D eigenvalue weighted by Crippen LogP contribution is 2.59. The van der Waals surface area contributed by atoms with Crippen LogP contribution in [0.4, 0.5) is 13.2 Å². The zero-order valence-electron chi connectivity index (χ0n) is 12.7. The Bertz CT molecular complexity index is 666. The van der Waals surface area contributed by atoms with E-state index in [1.165, 1.54) is 23.1 Å². The number of ether oxygens (including phenoxy) is 1. The van der Waals surface area contributed by atoms with E-state index in [2.05, 4.69) is 4.74 Å². The van der Waals surface area contributed by atoms with E-state index in [4.69, 9.17) is 5.11 Å². The van der Waals surface area contributed by atoms with E-state index >= 15 is 0 Å². The van der Waals surface area contributed by atoms with Crippen molar-refractivity contribution >= 4 is 11.9 Å². The monoisotopic (exact) mass is 343 g/mol. The highest BCUT2D eigenvalue weighted by molar-refractivity contribution is 5.97. The molecule has 1 saturated carbocycles. The van der Waals surface area contributed by atoms with Crippen molar-refractivity contribution < 1.29 is 32.6 Å². The molecule has 1 heterocycles. The normalized spacial score (nSPS) is 22.3. The van der Waals surface area contributed by atoms with Crippen molar-refractivity contribution in [1.82, 2.24) is 4.90 Å². The summed E-state index contributed by atoms with van der Waals surface area (Å²) in [6.07, 6.45) is -3.15. The number of aliphatic carboxylic acids is 1. The molecule has 8 heteroatoms. The Morgan fingerprint density at radius 3 is 2.38 bits per heavy atom. The Morgan fingerprint density at radius 2 is 1.83 bits per heavy atom. The zero-order valence-corrected chi connectivity index (χ0v) is 12.7. The van der Waals surface area contributed by atoms with E-state index < -0.39 is 24.0 Å². The number of carbonyl (C=O) groups is 2. The highest BCUT2D eigenvalue weighted by atomic mass is 19.4. The van der Waals surface area contributed by atoms with Crippen molar-refractivity contribution in [3.63, 3.8) is 0 Å². The smallest absolute Gasteiger partial charge is 0.481 e. The maximum Gasteiger partial charge on any atom is 0.573 e. The van der Waals surface area contributed by atoms with Gasteiger partial charge in [0, 0.05) is 13.1 Å². The van der Waals surface area contributed by atoms with Crippen molar-refractivity contribution in [2.45, 2.75) is 25.6 Å². The molecule has 1 spiro atoms. The zero-order chi connectivity index (χ0) is 17.5. The van der Waals surface area contributed by atoms with Crippen LogP contribution in [0.2, 0.25) is 0 Å². The number of likely N-dealkylation sites (tertiary alicyclic amines) is 1. The Morgan fingerprint density at radius 1 is 1.21 bits per heavy atom. The van der Waals surface area contributed by atoms with Crippen molar-refractivity contribution in [3.8, 4) is 5.75 Å². The molecule has 2 fully saturated rings. The summed E-state index contributed by atoms with van der Waals surface area (Å²) in [6.45, 7) is 0.673. The van der Waals surface area contributed by atoms with Gasteiger partial charge < -0.3 is 14.7 Å². The van der Waals surface area contributed by atoms with Crippen LogP contribution in [0.25, 0.3) is 0 Å². The molecule has 1 aliphatic heterocycles. The lowest BCUT2D eigenvalue weighted by atomic mass is 9.90. The van der Waals surface area contributed by atoms with Crippen LogP contribution in [0.3, 0.4) is 0 Å². The number of halogens is 3. The van der Waals surface area contributed by atoms with E-state index in [0.29, 0.717) is 32.4 Å². The van der Waals surface area contributed by atoms with E-state index in [-0.39, 0.29) is 16.9 Å². The lowest BCUT2D eigenvalue weighted by Crippen LogP contribution is -2.40. The first-order valence-corrected chi connectivity index (χ1v) is 7.59. The van der Waals surface area contributed by atoms with Crippen molar-refractivity contribution in [2.24, 2.45) is 11.3 Å². The van der Waals surface area contributed by atoms with Crippen LogP contribution in [0.1, 0.15) is 29.6 Å². The molecule has 3 rings (SSSR count). The van der Waals surface area contributed by atoms with Crippen LogP contribution in [0.5, 0.6) is 5.75 Å². The summed E-state index contributed by atoms with van der Waals surface area (Å²) >= 11 is 0. The van der Waals surface area contributed by atoms with Gasteiger partial charge in [-0.25, -0.2) is 0 Å². The van der Waals surface area contributed by atoms with Crippen LogP contribution < -0.4 is 4.74 Å². The molecule has 1 amide bonds. The van der Waals surface area contributed by atoms with Gasteiger partial charge in [-0.3, -0.25) is 9.59 Å². The molecule has 5 nitrogen and oxygen atoms in total. The third-order valence-corrected chi connectivity index (χ3v) is 4.88. The van der Waals surface area contributed by atoms with Crippen molar-refractivity contribution in [2.75, 3.05) is 13.1 Å². The second kappa shape index (κ2) is 5.68. The minimum absolute atomic E-state index is 0.142. The maximum absolute atomic E-state index is 12.5. The number of carboxylic acids is 1. The van der Waals surface area contributed by atoms with E-state index in [1.54, 1.807) is 0 Å². The number of hydrogen-bond acceptors (Lipinski definition) is 3. The van der Waals surface area contributed by atoms with E-state index in [1.807, 2.05) is 0 Å². The standard InChI is InChI=1S/C16H16F3NO4/c17-16(18,19)24-12-4-2-1-3-10(12)13(21)20-7-5-15(6-8-20)9-11(15)14(22)23/h1-4,11H,5-9H2,(H,22,23). The van der Waals surface area contributed by atoms with Crippen molar-refractivity contribution in [3.05, 3.63) is 29.8 Å². The van der Waals surface area contributed by atoms with Crippen LogP contribution in [-0.4, -0.2) is 41.3 Å². The van der Waals surface area contributed by atoms with Crippen LogP contribution in [-0.2, 0) is 4.79 Å². The number of alkyl halides is 3. The van der Waals surface area contributed by atoms with E-state index in [0.717, 1.165) is 6.07 Å². The molecule has 0 radical (unpaired) electrons. The Kier molecular flexibility index (Phi) is 3.93. The molecule has 1 unspecified atom stereocenters. The molecule has 1 aliphatic carbocycles. The second-order valence-electron chi connectivity index (χ2n) is 6.29. The molecule has 2 aliphatic rings. The van der Waals surface area contributed by atoms with Gasteiger partial charge in [0.25, 0.3) is 5.91 Å². The average molecular weight is 343 g/mol. The highest BCUT2D eigenvalue weighted by Gasteiger charge is 2.59. The van der Waals surface area contributed by atoms with Gasteiger partial charge in [0.1, 0.15) is 5.75 Å². The number of rotatable bonds is 3. The summed E-state index contributed by atoms with van der Waals surface area (Å²) in [7, 11) is 0. The number of para-hydroxylation sites is 1. The first-order valence-electron chi connectivity index (χ1n) is 7.59. The predicted molar refractivity (Wildman–Crippen MR) is 76.4 cm³/mol. The molecular formula is C16H16F3NO4. The largest absolute Gasteiger partial charge is 0.573 e. The first-order chi connectivity index (χ1) is 11.2. The number of benzene rings is 1. The number of hydrogen-bond donors (Lipinski definition) is 1. The summed E-state index contributed by atoms with van der Waals surface area (Å²) in [5.74, 6) is -2.24. The van der Waals surface area contributed by atoms with Gasteiger partial charge >= 0.3 is 12.3 Å². The summed E-state index contributed by atoms with van der Waals surface area (Å²) in [4.78, 5) is 25.0. The fourth-order valence-electron chi connectivity index (χ4n) is 3.43. The first kappa shape index (κ1) is 16.6. The molecule has 0 bridgehead atoms. The van der Waals surface area contributed by atoms with Crippen LogP contribution >= 0.6 is 0 Å². The lowest BCUT2D eigenvalue weighted by Gasteiger charge is -2.33. The fraction of sp³-hybridized carbons (Fsp3) is 0.500. The van der Waals surface area contributed by atoms with Gasteiger partial charge in [-0.1, -0.05) is 12.1 Å². The number of piperidine rings is 1. The van der Waals surface area contributed by atoms with Crippen LogP contribution in [0.15, 0.2) is 24.3 Å². The van der Waals surface area contributed by atoms with Crippen molar-refractivity contribution in [1.29, 1.82) is 0 Å². The number of carboxylic acid groups (broad SMARTS) is 1.